The summed E-state index contributed by atoms with van der Waals surface area (Å²) >= 11 is 0. The Labute approximate surface area is 86.8 Å². The first kappa shape index (κ1) is 10.4. The molecular formula is C11H22N2O. The predicted molar refractivity (Wildman–Crippen MR) is 57.5 cm³/mol. The molecule has 3 heteroatoms. The number of nitrogens with one attached hydrogen (secondary N) is 1. The van der Waals surface area contributed by atoms with Gasteiger partial charge in [0.05, 0.1) is 13.2 Å². The third-order valence-electron chi connectivity index (χ3n) is 3.03. The second-order valence-corrected chi connectivity index (χ2v) is 4.45. The quantitative estimate of drug-likeness (QED) is 0.709. The van der Waals surface area contributed by atoms with Crippen molar-refractivity contribution in [3.05, 3.63) is 0 Å². The van der Waals surface area contributed by atoms with E-state index in [4.69, 9.17) is 4.74 Å². The van der Waals surface area contributed by atoms with Gasteiger partial charge in [-0.05, 0) is 25.8 Å². The fourth-order valence-electron chi connectivity index (χ4n) is 2.17. The molecule has 1 aliphatic heterocycles. The van der Waals surface area contributed by atoms with Gasteiger partial charge in [0.1, 0.15) is 0 Å². The maximum Gasteiger partial charge on any atom is 0.0632 e. The van der Waals surface area contributed by atoms with Crippen LogP contribution in [0, 0.1) is 0 Å². The van der Waals surface area contributed by atoms with Crippen LogP contribution in [0.3, 0.4) is 0 Å². The monoisotopic (exact) mass is 198 g/mol. The molecule has 0 aromatic rings. The average molecular weight is 198 g/mol. The minimum atomic E-state index is 0.566. The second kappa shape index (κ2) is 5.10. The Kier molecular flexibility index (Phi) is 3.79. The van der Waals surface area contributed by atoms with Gasteiger partial charge in [0, 0.05) is 25.2 Å². The predicted octanol–water partition coefficient (Wildman–Crippen LogP) is 0.849. The lowest BCUT2D eigenvalue weighted by molar-refractivity contribution is 0.0606. The fourth-order valence-corrected chi connectivity index (χ4v) is 2.17. The normalized spacial score (nSPS) is 28.3. The average Bonchev–Trinajstić information content (AvgIpc) is 3.02. The Morgan fingerprint density at radius 2 is 2.29 bits per heavy atom. The summed E-state index contributed by atoms with van der Waals surface area (Å²) < 4.78 is 5.47. The van der Waals surface area contributed by atoms with Crippen molar-refractivity contribution in [1.82, 2.24) is 10.2 Å². The lowest BCUT2D eigenvalue weighted by Gasteiger charge is -2.30. The van der Waals surface area contributed by atoms with Gasteiger partial charge in [-0.3, -0.25) is 4.90 Å². The van der Waals surface area contributed by atoms with Crippen molar-refractivity contribution in [3.8, 4) is 0 Å². The van der Waals surface area contributed by atoms with E-state index >= 15 is 0 Å². The van der Waals surface area contributed by atoms with E-state index in [1.165, 1.54) is 32.4 Å². The third-order valence-corrected chi connectivity index (χ3v) is 3.03. The molecule has 82 valence electrons. The zero-order chi connectivity index (χ0) is 9.80. The van der Waals surface area contributed by atoms with E-state index in [2.05, 4.69) is 17.1 Å². The van der Waals surface area contributed by atoms with Crippen LogP contribution in [0.2, 0.25) is 0 Å². The standard InChI is InChI=1S/C11H22N2O/c1-2-6-13(11-3-4-11)8-10-9-14-7-5-12-10/h10-12H,2-9H2,1H3. The van der Waals surface area contributed by atoms with Gasteiger partial charge < -0.3 is 10.1 Å². The number of hydrogen-bond donors (Lipinski definition) is 1. The van der Waals surface area contributed by atoms with Crippen LogP contribution in [0.5, 0.6) is 0 Å². The van der Waals surface area contributed by atoms with Crippen molar-refractivity contribution in [2.24, 2.45) is 0 Å². The number of hydrogen-bond acceptors (Lipinski definition) is 3. The smallest absolute Gasteiger partial charge is 0.0632 e. The van der Waals surface area contributed by atoms with Gasteiger partial charge in [-0.1, -0.05) is 6.92 Å². The molecule has 2 rings (SSSR count). The first-order valence-electron chi connectivity index (χ1n) is 5.95. The molecule has 0 aromatic carbocycles. The maximum absolute atomic E-state index is 5.47. The third kappa shape index (κ3) is 2.94. The molecule has 1 saturated heterocycles. The second-order valence-electron chi connectivity index (χ2n) is 4.45. The highest BCUT2D eigenvalue weighted by atomic mass is 16.5. The SMILES string of the molecule is CCCN(CC1COCCN1)C1CC1. The summed E-state index contributed by atoms with van der Waals surface area (Å²) in [4.78, 5) is 2.63. The van der Waals surface area contributed by atoms with Crippen molar-refractivity contribution in [2.75, 3.05) is 32.8 Å². The lowest BCUT2D eigenvalue weighted by Crippen LogP contribution is -2.49. The molecule has 2 fully saturated rings. The zero-order valence-corrected chi connectivity index (χ0v) is 9.17. The number of nitrogens with zero attached hydrogens (tertiary/aromatic N) is 1. The lowest BCUT2D eigenvalue weighted by atomic mass is 10.2. The van der Waals surface area contributed by atoms with Crippen LogP contribution in [-0.2, 0) is 4.74 Å². The highest BCUT2D eigenvalue weighted by Gasteiger charge is 2.30. The van der Waals surface area contributed by atoms with Crippen molar-refractivity contribution in [2.45, 2.75) is 38.3 Å². The molecule has 0 aromatic heterocycles. The van der Waals surface area contributed by atoms with Gasteiger partial charge >= 0.3 is 0 Å². The Morgan fingerprint density at radius 3 is 2.86 bits per heavy atom. The highest BCUT2D eigenvalue weighted by Crippen LogP contribution is 2.27. The van der Waals surface area contributed by atoms with Gasteiger partial charge in [-0.15, -0.1) is 0 Å². The fraction of sp³-hybridized carbons (Fsp3) is 1.00. The molecule has 14 heavy (non-hydrogen) atoms. The van der Waals surface area contributed by atoms with Crippen LogP contribution in [-0.4, -0.2) is 49.8 Å². The van der Waals surface area contributed by atoms with Crippen molar-refractivity contribution >= 4 is 0 Å². The number of rotatable bonds is 5. The molecular weight excluding hydrogens is 176 g/mol. The molecule has 2 aliphatic rings. The molecule has 0 amide bonds. The zero-order valence-electron chi connectivity index (χ0n) is 9.17. The minimum absolute atomic E-state index is 0.566. The molecule has 0 radical (unpaired) electrons. The first-order valence-corrected chi connectivity index (χ1v) is 5.95. The molecule has 1 heterocycles. The molecule has 1 unspecified atom stereocenters. The van der Waals surface area contributed by atoms with Gasteiger partial charge in [-0.2, -0.15) is 0 Å². The Bertz CT molecular complexity index is 165. The van der Waals surface area contributed by atoms with Crippen molar-refractivity contribution in [1.29, 1.82) is 0 Å². The van der Waals surface area contributed by atoms with Crippen LogP contribution in [0.25, 0.3) is 0 Å². The first-order chi connectivity index (χ1) is 6.90. The van der Waals surface area contributed by atoms with E-state index in [0.29, 0.717) is 6.04 Å². The van der Waals surface area contributed by atoms with Crippen LogP contribution < -0.4 is 5.32 Å². The van der Waals surface area contributed by atoms with Crippen LogP contribution in [0.1, 0.15) is 26.2 Å². The summed E-state index contributed by atoms with van der Waals surface area (Å²) in [5.74, 6) is 0. The van der Waals surface area contributed by atoms with Crippen LogP contribution >= 0.6 is 0 Å². The summed E-state index contributed by atoms with van der Waals surface area (Å²) in [6.45, 7) is 7.50. The molecule has 0 bridgehead atoms. The van der Waals surface area contributed by atoms with Crippen molar-refractivity contribution < 1.29 is 4.74 Å². The van der Waals surface area contributed by atoms with Gasteiger partial charge in [0.2, 0.25) is 0 Å². The molecule has 1 saturated carbocycles. The Balaban J connectivity index is 1.73. The van der Waals surface area contributed by atoms with E-state index in [-0.39, 0.29) is 0 Å². The van der Waals surface area contributed by atoms with Crippen molar-refractivity contribution in [3.63, 3.8) is 0 Å². The molecule has 3 nitrogen and oxygen atoms in total. The Morgan fingerprint density at radius 1 is 1.43 bits per heavy atom. The Hall–Kier alpha value is -0.120. The van der Waals surface area contributed by atoms with E-state index in [1.54, 1.807) is 0 Å². The maximum atomic E-state index is 5.47. The summed E-state index contributed by atoms with van der Waals surface area (Å²) in [5.41, 5.74) is 0. The largest absolute Gasteiger partial charge is 0.378 e. The van der Waals surface area contributed by atoms with E-state index < -0.39 is 0 Å². The van der Waals surface area contributed by atoms with Gasteiger partial charge in [0.25, 0.3) is 0 Å². The van der Waals surface area contributed by atoms with Crippen LogP contribution in [0.15, 0.2) is 0 Å². The van der Waals surface area contributed by atoms with E-state index in [9.17, 15) is 0 Å². The minimum Gasteiger partial charge on any atom is -0.378 e. The summed E-state index contributed by atoms with van der Waals surface area (Å²) in [6.07, 6.45) is 4.09. The molecule has 1 aliphatic carbocycles. The highest BCUT2D eigenvalue weighted by molar-refractivity contribution is 4.87. The molecule has 1 N–H and O–H groups in total. The van der Waals surface area contributed by atoms with E-state index in [0.717, 1.165) is 25.8 Å². The topological polar surface area (TPSA) is 24.5 Å². The summed E-state index contributed by atoms with van der Waals surface area (Å²) in [6, 6.07) is 1.45. The number of ether oxygens (including phenoxy) is 1. The number of morpholine rings is 1. The van der Waals surface area contributed by atoms with Gasteiger partial charge in [-0.25, -0.2) is 0 Å². The molecule has 0 spiro atoms. The molecule has 1 atom stereocenters. The van der Waals surface area contributed by atoms with Crippen LogP contribution in [0.4, 0.5) is 0 Å². The summed E-state index contributed by atoms with van der Waals surface area (Å²) in [7, 11) is 0. The van der Waals surface area contributed by atoms with Gasteiger partial charge in [0.15, 0.2) is 0 Å². The summed E-state index contributed by atoms with van der Waals surface area (Å²) in [5, 5.41) is 3.52. The van der Waals surface area contributed by atoms with E-state index in [1.807, 2.05) is 0 Å².